The number of hydrogen-bond acceptors (Lipinski definition) is 11. The normalized spacial score (nSPS) is 17.6. The third-order valence-corrected chi connectivity index (χ3v) is 7.73. The van der Waals surface area contributed by atoms with Crippen LogP contribution in [0.15, 0.2) is 61.4 Å². The number of aromatic nitrogens is 7. The van der Waals surface area contributed by atoms with Crippen LogP contribution < -0.4 is 9.47 Å². The summed E-state index contributed by atoms with van der Waals surface area (Å²) in [4.78, 5) is 28.7. The number of nitrogens with zero attached hydrogens (tertiary/aromatic N) is 9. The van der Waals surface area contributed by atoms with Crippen LogP contribution in [0.3, 0.4) is 0 Å². The van der Waals surface area contributed by atoms with Crippen molar-refractivity contribution in [2.24, 2.45) is 0 Å². The number of ether oxygens (including phenoxy) is 4. The molecule has 2 aromatic carbocycles. The molecule has 16 nitrogen and oxygen atoms in total. The van der Waals surface area contributed by atoms with Crippen LogP contribution in [0, 0.1) is 11.6 Å². The van der Waals surface area contributed by atoms with Crippen molar-refractivity contribution in [2.75, 3.05) is 31.2 Å². The Kier molecular flexibility index (Phi) is 8.82. The van der Waals surface area contributed by atoms with Gasteiger partial charge < -0.3 is 29.0 Å². The lowest BCUT2D eigenvalue weighted by molar-refractivity contribution is -0.728. The van der Waals surface area contributed by atoms with Gasteiger partial charge >= 0.3 is 18.7 Å². The van der Waals surface area contributed by atoms with Gasteiger partial charge in [0.2, 0.25) is 13.1 Å². The minimum Gasteiger partial charge on any atom is -0.400 e. The lowest BCUT2D eigenvalue weighted by atomic mass is 9.85. The average molecular weight is 643 g/mol. The highest BCUT2D eigenvalue weighted by atomic mass is 19.1. The molecular weight excluding hydrogens is 612 g/mol. The molecule has 46 heavy (non-hydrogen) atoms. The average Bonchev–Trinajstić information content (AvgIpc) is 3.82. The molecule has 2 atom stereocenters. The Bertz CT molecular complexity index is 1670. The molecule has 0 radical (unpaired) electrons. The number of amides is 2. The molecule has 0 aliphatic carbocycles. The van der Waals surface area contributed by atoms with E-state index in [1.165, 1.54) is 42.7 Å². The van der Waals surface area contributed by atoms with Crippen molar-refractivity contribution in [3.63, 3.8) is 0 Å². The van der Waals surface area contributed by atoms with Crippen molar-refractivity contribution in [2.45, 2.75) is 44.7 Å². The first-order chi connectivity index (χ1) is 22.2. The van der Waals surface area contributed by atoms with Crippen LogP contribution in [-0.4, -0.2) is 91.0 Å². The third-order valence-electron chi connectivity index (χ3n) is 7.73. The number of carbonyl (C=O) groups excluding carboxylic acids is 2. The molecule has 0 saturated carbocycles. The highest BCUT2D eigenvalue weighted by Gasteiger charge is 2.47. The van der Waals surface area contributed by atoms with Gasteiger partial charge in [0, 0.05) is 35.5 Å². The third kappa shape index (κ3) is 6.49. The predicted octanol–water partition coefficient (Wildman–Crippen LogP) is 1.47. The fourth-order valence-corrected chi connectivity index (χ4v) is 5.29. The van der Waals surface area contributed by atoms with Crippen molar-refractivity contribution in [1.29, 1.82) is 0 Å². The van der Waals surface area contributed by atoms with E-state index >= 15 is 4.39 Å². The van der Waals surface area contributed by atoms with Crippen molar-refractivity contribution in [3.8, 4) is 5.69 Å². The summed E-state index contributed by atoms with van der Waals surface area (Å²) in [6, 6.07) is 8.40. The van der Waals surface area contributed by atoms with E-state index in [1.54, 1.807) is 31.2 Å². The number of benzene rings is 2. The van der Waals surface area contributed by atoms with E-state index in [0.29, 0.717) is 43.6 Å². The zero-order valence-electron chi connectivity index (χ0n) is 24.6. The number of anilines is 1. The predicted molar refractivity (Wildman–Crippen MR) is 149 cm³/mol. The molecule has 4 aromatic rings. The summed E-state index contributed by atoms with van der Waals surface area (Å²) >= 11 is 0. The number of aliphatic hydroxyl groups is 1. The van der Waals surface area contributed by atoms with Crippen molar-refractivity contribution >= 4 is 17.9 Å². The van der Waals surface area contributed by atoms with Gasteiger partial charge in [-0.2, -0.15) is 0 Å². The highest BCUT2D eigenvalue weighted by Crippen LogP contribution is 2.35. The van der Waals surface area contributed by atoms with Gasteiger partial charge in [0.1, 0.15) is 30.1 Å². The van der Waals surface area contributed by atoms with Crippen LogP contribution in [0.4, 0.5) is 24.1 Å². The van der Waals surface area contributed by atoms with E-state index in [1.807, 2.05) is 0 Å². The van der Waals surface area contributed by atoms with Gasteiger partial charge in [0.15, 0.2) is 0 Å². The first-order valence-corrected chi connectivity index (χ1v) is 14.3. The van der Waals surface area contributed by atoms with Crippen molar-refractivity contribution in [3.05, 3.63) is 78.6 Å². The lowest BCUT2D eigenvalue weighted by Crippen LogP contribution is -2.53. The summed E-state index contributed by atoms with van der Waals surface area (Å²) in [5.41, 5.74) is -1.01. The number of hydrogen-bond donors (Lipinski definition) is 1. The molecule has 2 saturated heterocycles. The molecule has 1 N–H and O–H groups in total. The number of carbonyl (C=O) groups is 2. The number of tetrazole rings is 1. The van der Waals surface area contributed by atoms with E-state index in [9.17, 15) is 19.1 Å². The molecule has 2 aliphatic heterocycles. The monoisotopic (exact) mass is 642 g/mol. The Balaban J connectivity index is 1.18. The Hall–Kier alpha value is -5.07. The van der Waals surface area contributed by atoms with Crippen LogP contribution in [0.5, 0.6) is 0 Å². The Morgan fingerprint density at radius 2 is 1.91 bits per heavy atom. The van der Waals surface area contributed by atoms with E-state index in [4.69, 9.17) is 18.9 Å². The Morgan fingerprint density at radius 1 is 1.15 bits per heavy atom. The minimum absolute atomic E-state index is 0.212. The fourth-order valence-electron chi connectivity index (χ4n) is 5.29. The van der Waals surface area contributed by atoms with Crippen LogP contribution in [-0.2, 0) is 37.8 Å². The molecule has 18 heteroatoms. The molecule has 2 fully saturated rings. The molecule has 242 valence electrons. The largest absolute Gasteiger partial charge is 0.515 e. The van der Waals surface area contributed by atoms with E-state index in [-0.39, 0.29) is 25.4 Å². The van der Waals surface area contributed by atoms with E-state index < -0.39 is 41.9 Å². The number of rotatable bonds is 10. The van der Waals surface area contributed by atoms with Crippen molar-refractivity contribution < 1.29 is 47.0 Å². The lowest BCUT2D eigenvalue weighted by Gasteiger charge is -2.38. The Morgan fingerprint density at radius 3 is 2.63 bits per heavy atom. The summed E-state index contributed by atoms with van der Waals surface area (Å²) in [6.07, 6.45) is 3.81. The number of urea groups is 1. The highest BCUT2D eigenvalue weighted by molar-refractivity contribution is 5.94. The number of halogens is 2. The topological polar surface area (TPSA) is 163 Å². The van der Waals surface area contributed by atoms with Gasteiger partial charge in [-0.05, 0) is 54.1 Å². The van der Waals surface area contributed by atoms with E-state index in [2.05, 4.69) is 20.6 Å². The molecule has 6 rings (SSSR count). The Labute approximate surface area is 260 Å². The molecule has 0 unspecified atom stereocenters. The second-order valence-corrected chi connectivity index (χ2v) is 10.6. The van der Waals surface area contributed by atoms with Crippen LogP contribution in [0.2, 0.25) is 0 Å². The maximum Gasteiger partial charge on any atom is 0.515 e. The molecule has 2 aromatic heterocycles. The van der Waals surface area contributed by atoms with Gasteiger partial charge in [-0.25, -0.2) is 27.6 Å². The van der Waals surface area contributed by atoms with Crippen LogP contribution in [0.25, 0.3) is 5.69 Å². The smallest absolute Gasteiger partial charge is 0.400 e. The maximum absolute atomic E-state index is 15.2. The SMILES string of the molecule is C[C@@H](N1CCN(c2ccc(-n3cnnn3)cc2)C1=O)[C@](O)(Cn1c[n+](COC(=O)OC2OCCCO2)cn1)c1ccc(F)cc1F. The van der Waals surface area contributed by atoms with Gasteiger partial charge in [-0.1, -0.05) is 6.07 Å². The zero-order chi connectivity index (χ0) is 32.3. The van der Waals surface area contributed by atoms with Crippen LogP contribution in [0.1, 0.15) is 18.9 Å². The first-order valence-electron chi connectivity index (χ1n) is 14.3. The van der Waals surface area contributed by atoms with E-state index in [0.717, 1.165) is 12.1 Å². The standard InChI is InChI=1S/C28H30F2N9O7/c1-19(37-9-10-38(25(37)40)21-4-6-22(7-5-21)39-15-31-33-34-39)28(42,23-8-3-20(29)13-24(23)30)14-36-17-35(16-32-36)18-45-26(41)46-27-43-11-2-12-44-27/h3-8,13,15-17,19,27,42H,2,9-12,14,18H2,1H3/q+1/t19-,28-/m1/s1. The molecule has 0 spiro atoms. The summed E-state index contributed by atoms with van der Waals surface area (Å²) in [5, 5.41) is 27.4. The zero-order valence-corrected chi connectivity index (χ0v) is 24.6. The molecule has 0 bridgehead atoms. The van der Waals surface area contributed by atoms with Crippen LogP contribution >= 0.6 is 0 Å². The second kappa shape index (κ2) is 13.1. The molecule has 2 amide bonds. The first kappa shape index (κ1) is 30.9. The summed E-state index contributed by atoms with van der Waals surface area (Å²) in [5.74, 6) is -1.82. The summed E-state index contributed by atoms with van der Waals surface area (Å²) in [6.45, 7) is 1.04. The minimum atomic E-state index is -2.08. The second-order valence-electron chi connectivity index (χ2n) is 10.6. The van der Waals surface area contributed by atoms with Gasteiger partial charge in [-0.3, -0.25) is 4.90 Å². The molecule has 4 heterocycles. The molecule has 2 aliphatic rings. The summed E-state index contributed by atoms with van der Waals surface area (Å²) < 4.78 is 53.6. The maximum atomic E-state index is 15.2. The molecular formula is C28H30F2N9O7+. The van der Waals surface area contributed by atoms with Gasteiger partial charge in [0.25, 0.3) is 6.33 Å². The van der Waals surface area contributed by atoms with Gasteiger partial charge in [0.05, 0.1) is 24.9 Å². The quantitative estimate of drug-likeness (QED) is 0.197. The van der Waals surface area contributed by atoms with Crippen molar-refractivity contribution in [1.82, 2.24) is 34.9 Å². The summed E-state index contributed by atoms with van der Waals surface area (Å²) in [7, 11) is 0. The fraction of sp³-hybridized carbons (Fsp3) is 0.393. The van der Waals surface area contributed by atoms with Gasteiger partial charge in [-0.15, -0.1) is 9.78 Å².